The quantitative estimate of drug-likeness (QED) is 0.293. The second-order valence-corrected chi connectivity index (χ2v) is 8.67. The van der Waals surface area contributed by atoms with Gasteiger partial charge in [0.1, 0.15) is 12.1 Å². The minimum Gasteiger partial charge on any atom is -0.445 e. The first-order valence-corrected chi connectivity index (χ1v) is 11.5. The van der Waals surface area contributed by atoms with Gasteiger partial charge < -0.3 is 25.5 Å². The number of aromatic amines is 1. The highest BCUT2D eigenvalue weighted by molar-refractivity contribution is 5.91. The number of carbonyl (C=O) groups is 2. The summed E-state index contributed by atoms with van der Waals surface area (Å²) in [5, 5.41) is 16.6. The maximum absolute atomic E-state index is 13.6. The number of aliphatic hydroxyl groups excluding tert-OH is 1. The molecular formula is C28H29N3O4. The predicted octanol–water partition coefficient (Wildman–Crippen LogP) is 4.25. The van der Waals surface area contributed by atoms with Crippen molar-refractivity contribution in [2.24, 2.45) is 0 Å². The molecule has 0 spiro atoms. The van der Waals surface area contributed by atoms with Gasteiger partial charge in [0.15, 0.2) is 0 Å². The average Bonchev–Trinajstić information content (AvgIpc) is 3.29. The number of amides is 2. The van der Waals surface area contributed by atoms with Crippen LogP contribution in [0, 0.1) is 0 Å². The molecule has 4 N–H and O–H groups in total. The molecule has 2 amide bonds. The van der Waals surface area contributed by atoms with E-state index in [1.54, 1.807) is 6.92 Å². The predicted molar refractivity (Wildman–Crippen MR) is 135 cm³/mol. The van der Waals surface area contributed by atoms with Crippen molar-refractivity contribution in [3.05, 3.63) is 108 Å². The van der Waals surface area contributed by atoms with Crippen LogP contribution in [0.25, 0.3) is 10.9 Å². The number of H-pyrrole nitrogens is 1. The van der Waals surface area contributed by atoms with Crippen LogP contribution in [0.1, 0.15) is 29.7 Å². The van der Waals surface area contributed by atoms with Gasteiger partial charge in [-0.05, 0) is 29.7 Å². The first kappa shape index (κ1) is 24.0. The van der Waals surface area contributed by atoms with Gasteiger partial charge in [-0.15, -0.1) is 0 Å². The van der Waals surface area contributed by atoms with Crippen LogP contribution < -0.4 is 10.6 Å². The Morgan fingerprint density at radius 2 is 1.63 bits per heavy atom. The zero-order chi connectivity index (χ0) is 24.7. The Kier molecular flexibility index (Phi) is 7.48. The molecule has 0 saturated heterocycles. The fourth-order valence-corrected chi connectivity index (χ4v) is 4.06. The van der Waals surface area contributed by atoms with Gasteiger partial charge in [-0.3, -0.25) is 4.79 Å². The highest BCUT2D eigenvalue weighted by Gasteiger charge is 2.37. The van der Waals surface area contributed by atoms with E-state index < -0.39 is 23.6 Å². The van der Waals surface area contributed by atoms with Crippen molar-refractivity contribution in [3.63, 3.8) is 0 Å². The van der Waals surface area contributed by atoms with Gasteiger partial charge in [-0.1, -0.05) is 78.9 Å². The summed E-state index contributed by atoms with van der Waals surface area (Å²) in [6.07, 6.45) is 1.36. The standard InChI is InChI=1S/C28H29N3O4/c1-28(16-22-17-29-24-15-9-8-14-23(22)24,31-27(34)35-19-20-10-4-2-5-11-20)26(33)30-25(18-32)21-12-6-3-7-13-21/h2-15,17,25,29,32H,16,18-19H2,1H3,(H,30,33)(H,31,34)/t25-,28+/m0/s1. The molecule has 0 aliphatic carbocycles. The van der Waals surface area contributed by atoms with Crippen LogP contribution in [0.3, 0.4) is 0 Å². The molecule has 1 heterocycles. The zero-order valence-corrected chi connectivity index (χ0v) is 19.5. The highest BCUT2D eigenvalue weighted by Crippen LogP contribution is 2.24. The fraction of sp³-hybridized carbons (Fsp3) is 0.214. The van der Waals surface area contributed by atoms with Crippen molar-refractivity contribution < 1.29 is 19.4 Å². The Bertz CT molecular complexity index is 1270. The number of aromatic nitrogens is 1. The van der Waals surface area contributed by atoms with E-state index >= 15 is 0 Å². The Hall–Kier alpha value is -4.10. The molecule has 0 bridgehead atoms. The number of alkyl carbamates (subject to hydrolysis) is 1. The minimum absolute atomic E-state index is 0.0841. The van der Waals surface area contributed by atoms with Crippen LogP contribution in [0.5, 0.6) is 0 Å². The Balaban J connectivity index is 1.56. The number of ether oxygens (including phenoxy) is 1. The molecule has 35 heavy (non-hydrogen) atoms. The van der Waals surface area contributed by atoms with E-state index in [1.165, 1.54) is 0 Å². The lowest BCUT2D eigenvalue weighted by atomic mass is 9.91. The lowest BCUT2D eigenvalue weighted by molar-refractivity contribution is -0.128. The number of nitrogens with one attached hydrogen (secondary N) is 3. The van der Waals surface area contributed by atoms with Gasteiger partial charge in [-0.25, -0.2) is 4.79 Å². The van der Waals surface area contributed by atoms with E-state index in [2.05, 4.69) is 15.6 Å². The van der Waals surface area contributed by atoms with Crippen LogP contribution in [0.2, 0.25) is 0 Å². The maximum Gasteiger partial charge on any atom is 0.408 e. The third-order valence-electron chi connectivity index (χ3n) is 6.00. The van der Waals surface area contributed by atoms with Crippen molar-refractivity contribution in [2.75, 3.05) is 6.61 Å². The summed E-state index contributed by atoms with van der Waals surface area (Å²) in [5.41, 5.74) is 2.08. The molecular weight excluding hydrogens is 442 g/mol. The van der Waals surface area contributed by atoms with Gasteiger partial charge >= 0.3 is 6.09 Å². The number of rotatable bonds is 9. The number of hydrogen-bond donors (Lipinski definition) is 4. The number of fused-ring (bicyclic) bond motifs is 1. The second kappa shape index (κ2) is 10.9. The highest BCUT2D eigenvalue weighted by atomic mass is 16.5. The Labute approximate surface area is 204 Å². The summed E-state index contributed by atoms with van der Waals surface area (Å²) in [6, 6.07) is 25.7. The van der Waals surface area contributed by atoms with Gasteiger partial charge in [0.05, 0.1) is 12.6 Å². The van der Waals surface area contributed by atoms with Gasteiger partial charge in [0.2, 0.25) is 5.91 Å². The molecule has 4 aromatic rings. The molecule has 2 atom stereocenters. The van der Waals surface area contributed by atoms with Crippen molar-refractivity contribution in [2.45, 2.75) is 31.5 Å². The topological polar surface area (TPSA) is 103 Å². The smallest absolute Gasteiger partial charge is 0.408 e. The maximum atomic E-state index is 13.6. The van der Waals surface area contributed by atoms with Crippen LogP contribution >= 0.6 is 0 Å². The molecule has 1 aromatic heterocycles. The summed E-state index contributed by atoms with van der Waals surface area (Å²) >= 11 is 0. The minimum atomic E-state index is -1.35. The average molecular weight is 472 g/mol. The third kappa shape index (κ3) is 5.88. The number of hydrogen-bond acceptors (Lipinski definition) is 4. The van der Waals surface area contributed by atoms with Gasteiger partial charge in [-0.2, -0.15) is 0 Å². The van der Waals surface area contributed by atoms with Crippen molar-refractivity contribution in [1.82, 2.24) is 15.6 Å². The molecule has 0 saturated carbocycles. The Morgan fingerprint density at radius 1 is 0.971 bits per heavy atom. The van der Waals surface area contributed by atoms with E-state index in [9.17, 15) is 14.7 Å². The number of aliphatic hydroxyl groups is 1. The second-order valence-electron chi connectivity index (χ2n) is 8.67. The largest absolute Gasteiger partial charge is 0.445 e. The molecule has 0 unspecified atom stereocenters. The van der Waals surface area contributed by atoms with E-state index in [0.717, 1.165) is 27.6 Å². The normalized spacial score (nSPS) is 13.5. The zero-order valence-electron chi connectivity index (χ0n) is 19.5. The summed E-state index contributed by atoms with van der Waals surface area (Å²) in [5.74, 6) is -0.428. The van der Waals surface area contributed by atoms with Gasteiger partial charge in [0.25, 0.3) is 0 Å². The van der Waals surface area contributed by atoms with E-state index in [0.29, 0.717) is 0 Å². The molecule has 180 valence electrons. The molecule has 7 nitrogen and oxygen atoms in total. The molecule has 4 rings (SSSR count). The fourth-order valence-electron chi connectivity index (χ4n) is 4.06. The SMILES string of the molecule is C[C@](Cc1c[nH]c2ccccc12)(NC(=O)OCc1ccccc1)C(=O)N[C@@H](CO)c1ccccc1. The number of benzene rings is 3. The van der Waals surface area contributed by atoms with E-state index in [-0.39, 0.29) is 19.6 Å². The Morgan fingerprint density at radius 3 is 2.34 bits per heavy atom. The molecule has 0 aliphatic heterocycles. The first-order valence-electron chi connectivity index (χ1n) is 11.5. The summed E-state index contributed by atoms with van der Waals surface area (Å²) < 4.78 is 5.41. The van der Waals surface area contributed by atoms with E-state index in [4.69, 9.17) is 4.74 Å². The molecule has 7 heteroatoms. The summed E-state index contributed by atoms with van der Waals surface area (Å²) in [7, 11) is 0. The van der Waals surface area contributed by atoms with Crippen molar-refractivity contribution in [1.29, 1.82) is 0 Å². The van der Waals surface area contributed by atoms with Crippen molar-refractivity contribution in [3.8, 4) is 0 Å². The molecule has 0 aliphatic rings. The molecule has 3 aromatic carbocycles. The lowest BCUT2D eigenvalue weighted by Crippen LogP contribution is -2.59. The van der Waals surface area contributed by atoms with Crippen LogP contribution in [-0.4, -0.2) is 34.2 Å². The van der Waals surface area contributed by atoms with Crippen LogP contribution in [-0.2, 0) is 22.6 Å². The van der Waals surface area contributed by atoms with E-state index in [1.807, 2.05) is 91.1 Å². The van der Waals surface area contributed by atoms with Gasteiger partial charge in [0, 0.05) is 23.5 Å². The van der Waals surface area contributed by atoms with Crippen LogP contribution in [0.15, 0.2) is 91.1 Å². The summed E-state index contributed by atoms with van der Waals surface area (Å²) in [6.45, 7) is 1.46. The molecule has 0 fully saturated rings. The monoisotopic (exact) mass is 471 g/mol. The third-order valence-corrected chi connectivity index (χ3v) is 6.00. The number of carbonyl (C=O) groups excluding carboxylic acids is 2. The first-order chi connectivity index (χ1) is 17.0. The summed E-state index contributed by atoms with van der Waals surface area (Å²) in [4.78, 5) is 29.6. The lowest BCUT2D eigenvalue weighted by Gasteiger charge is -2.31. The van der Waals surface area contributed by atoms with Crippen molar-refractivity contribution >= 4 is 22.9 Å². The molecule has 0 radical (unpaired) electrons. The van der Waals surface area contributed by atoms with Crippen LogP contribution in [0.4, 0.5) is 4.79 Å². The number of para-hydroxylation sites is 1.